The summed E-state index contributed by atoms with van der Waals surface area (Å²) in [6.45, 7) is 3.87. The minimum Gasteiger partial charge on any atom is -0.492 e. The molecule has 9 nitrogen and oxygen atoms in total. The lowest BCUT2D eigenvalue weighted by Crippen LogP contribution is -2.50. The topological polar surface area (TPSA) is 101 Å². The predicted molar refractivity (Wildman–Crippen MR) is 124 cm³/mol. The van der Waals surface area contributed by atoms with E-state index in [2.05, 4.69) is 25.2 Å². The highest BCUT2D eigenvalue weighted by Crippen LogP contribution is 2.21. The predicted octanol–water partition coefficient (Wildman–Crippen LogP) is 2.45. The summed E-state index contributed by atoms with van der Waals surface area (Å²) in [7, 11) is -3.39. The van der Waals surface area contributed by atoms with Crippen molar-refractivity contribution in [1.29, 1.82) is 0 Å². The van der Waals surface area contributed by atoms with Crippen LogP contribution < -0.4 is 15.0 Å². The van der Waals surface area contributed by atoms with Crippen LogP contribution in [0.15, 0.2) is 60.8 Å². The van der Waals surface area contributed by atoms with Crippen molar-refractivity contribution in [3.8, 4) is 5.75 Å². The number of hydrogen-bond acceptors (Lipinski definition) is 8. The summed E-state index contributed by atoms with van der Waals surface area (Å²) in [6.07, 6.45) is 1.71. The van der Waals surface area contributed by atoms with E-state index in [1.165, 1.54) is 4.31 Å². The van der Waals surface area contributed by atoms with Gasteiger partial charge in [-0.15, -0.1) is 0 Å². The number of sulfonamides is 1. The van der Waals surface area contributed by atoms with E-state index in [0.717, 1.165) is 5.82 Å². The van der Waals surface area contributed by atoms with Crippen LogP contribution in [0.5, 0.6) is 5.75 Å². The molecule has 1 aliphatic rings. The molecule has 0 unspecified atom stereocenters. The Morgan fingerprint density at radius 3 is 2.44 bits per heavy atom. The summed E-state index contributed by atoms with van der Waals surface area (Å²) in [5.41, 5.74) is 0. The van der Waals surface area contributed by atoms with Gasteiger partial charge >= 0.3 is 0 Å². The summed E-state index contributed by atoms with van der Waals surface area (Å²) < 4.78 is 32.5. The van der Waals surface area contributed by atoms with Crippen LogP contribution in [0.3, 0.4) is 0 Å². The number of aryl methyl sites for hydroxylation is 1. The van der Waals surface area contributed by atoms with Crippen LogP contribution >= 0.6 is 0 Å². The van der Waals surface area contributed by atoms with Gasteiger partial charge in [-0.25, -0.2) is 23.4 Å². The summed E-state index contributed by atoms with van der Waals surface area (Å²) in [5, 5.41) is 3.18. The normalized spacial score (nSPS) is 14.8. The third-order valence-electron chi connectivity index (χ3n) is 5.05. The number of para-hydroxylation sites is 1. The van der Waals surface area contributed by atoms with E-state index >= 15 is 0 Å². The van der Waals surface area contributed by atoms with Crippen molar-refractivity contribution in [2.24, 2.45) is 0 Å². The Morgan fingerprint density at radius 2 is 1.72 bits per heavy atom. The third kappa shape index (κ3) is 5.71. The van der Waals surface area contributed by atoms with Crippen molar-refractivity contribution >= 4 is 27.5 Å². The van der Waals surface area contributed by atoms with Gasteiger partial charge in [0.05, 0.1) is 5.75 Å². The standard InChI is InChI=1S/C22H26N6O3S/c1-18-24-21(26-20-9-5-6-10-23-20)17-22(25-18)27-11-13-28(14-12-27)32(29,30)16-15-31-19-7-3-2-4-8-19/h2-10,17H,11-16H2,1H3,(H,23,24,25,26). The quantitative estimate of drug-likeness (QED) is 0.554. The van der Waals surface area contributed by atoms with E-state index in [1.54, 1.807) is 6.20 Å². The smallest absolute Gasteiger partial charge is 0.217 e. The zero-order valence-corrected chi connectivity index (χ0v) is 18.7. The fraction of sp³-hybridized carbons (Fsp3) is 0.318. The summed E-state index contributed by atoms with van der Waals surface area (Å²) in [6, 6.07) is 16.7. The molecule has 0 aliphatic carbocycles. The molecule has 0 amide bonds. The van der Waals surface area contributed by atoms with Crippen molar-refractivity contribution in [2.45, 2.75) is 6.92 Å². The number of aromatic nitrogens is 3. The van der Waals surface area contributed by atoms with Crippen LogP contribution in [0, 0.1) is 6.92 Å². The van der Waals surface area contributed by atoms with Gasteiger partial charge in [0.2, 0.25) is 10.0 Å². The molecular formula is C22H26N6O3S. The van der Waals surface area contributed by atoms with Gasteiger partial charge in [0.1, 0.15) is 35.6 Å². The van der Waals surface area contributed by atoms with Crippen LogP contribution in [-0.2, 0) is 10.0 Å². The zero-order valence-electron chi connectivity index (χ0n) is 17.9. The molecule has 2 aromatic heterocycles. The molecule has 1 saturated heterocycles. The molecule has 0 spiro atoms. The van der Waals surface area contributed by atoms with Crippen molar-refractivity contribution < 1.29 is 13.2 Å². The maximum Gasteiger partial charge on any atom is 0.217 e. The number of nitrogens with one attached hydrogen (secondary N) is 1. The number of benzene rings is 1. The van der Waals surface area contributed by atoms with E-state index < -0.39 is 10.0 Å². The Kier molecular flexibility index (Phi) is 6.81. The van der Waals surface area contributed by atoms with Crippen LogP contribution in [-0.4, -0.2) is 66.2 Å². The van der Waals surface area contributed by atoms with E-state index in [9.17, 15) is 8.42 Å². The zero-order chi connectivity index (χ0) is 22.4. The molecule has 1 N–H and O–H groups in total. The molecule has 10 heteroatoms. The van der Waals surface area contributed by atoms with Crippen molar-refractivity contribution in [2.75, 3.05) is 48.8 Å². The Morgan fingerprint density at radius 1 is 0.969 bits per heavy atom. The second-order valence-electron chi connectivity index (χ2n) is 7.36. The number of hydrogen-bond donors (Lipinski definition) is 1. The molecule has 3 heterocycles. The SMILES string of the molecule is Cc1nc(Nc2ccccn2)cc(N2CCN(S(=O)(=O)CCOc3ccccc3)CC2)n1. The first-order valence-electron chi connectivity index (χ1n) is 10.4. The molecule has 1 aliphatic heterocycles. The van der Waals surface area contributed by atoms with E-state index in [1.807, 2.05) is 61.5 Å². The van der Waals surface area contributed by atoms with Gasteiger partial charge in [-0.3, -0.25) is 0 Å². The molecule has 32 heavy (non-hydrogen) atoms. The molecule has 0 saturated carbocycles. The average Bonchev–Trinajstić information content (AvgIpc) is 2.80. The maximum atomic E-state index is 12.7. The Labute approximate surface area is 188 Å². The minimum absolute atomic E-state index is 0.0490. The number of ether oxygens (including phenoxy) is 1. The van der Waals surface area contributed by atoms with Gasteiger partial charge in [-0.05, 0) is 31.2 Å². The van der Waals surface area contributed by atoms with Gasteiger partial charge in [0.25, 0.3) is 0 Å². The Hall–Kier alpha value is -3.24. The van der Waals surface area contributed by atoms with Crippen LogP contribution in [0.4, 0.5) is 17.5 Å². The van der Waals surface area contributed by atoms with Crippen LogP contribution in [0.25, 0.3) is 0 Å². The lowest BCUT2D eigenvalue weighted by Gasteiger charge is -2.34. The first-order valence-corrected chi connectivity index (χ1v) is 12.0. The van der Waals surface area contributed by atoms with Gasteiger partial charge in [-0.1, -0.05) is 24.3 Å². The van der Waals surface area contributed by atoms with Crippen molar-refractivity contribution in [3.05, 3.63) is 66.6 Å². The third-order valence-corrected chi connectivity index (χ3v) is 6.89. The van der Waals surface area contributed by atoms with Gasteiger partial charge in [0.15, 0.2) is 0 Å². The first-order chi connectivity index (χ1) is 15.5. The minimum atomic E-state index is -3.39. The van der Waals surface area contributed by atoms with E-state index in [4.69, 9.17) is 4.74 Å². The molecule has 0 bridgehead atoms. The molecule has 0 atom stereocenters. The van der Waals surface area contributed by atoms with Gasteiger partial charge in [-0.2, -0.15) is 4.31 Å². The van der Waals surface area contributed by atoms with Crippen LogP contribution in [0.2, 0.25) is 0 Å². The fourth-order valence-corrected chi connectivity index (χ4v) is 4.72. The second-order valence-corrected chi connectivity index (χ2v) is 9.45. The molecule has 0 radical (unpaired) electrons. The molecule has 168 valence electrons. The fourth-order valence-electron chi connectivity index (χ4n) is 3.45. The monoisotopic (exact) mass is 454 g/mol. The summed E-state index contributed by atoms with van der Waals surface area (Å²) in [5.74, 6) is 3.37. The van der Waals surface area contributed by atoms with E-state index in [0.29, 0.717) is 49.4 Å². The highest BCUT2D eigenvalue weighted by Gasteiger charge is 2.27. The highest BCUT2D eigenvalue weighted by molar-refractivity contribution is 7.89. The second kappa shape index (κ2) is 9.92. The Bertz CT molecular complexity index is 1120. The first kappa shape index (κ1) is 22.0. The van der Waals surface area contributed by atoms with Gasteiger partial charge in [0, 0.05) is 38.4 Å². The number of pyridine rings is 1. The molecule has 4 rings (SSSR count). The lowest BCUT2D eigenvalue weighted by atomic mass is 10.3. The largest absolute Gasteiger partial charge is 0.492 e. The summed E-state index contributed by atoms with van der Waals surface area (Å²) in [4.78, 5) is 15.3. The van der Waals surface area contributed by atoms with Gasteiger partial charge < -0.3 is 15.0 Å². The van der Waals surface area contributed by atoms with Crippen LogP contribution in [0.1, 0.15) is 5.82 Å². The van der Waals surface area contributed by atoms with Crippen molar-refractivity contribution in [3.63, 3.8) is 0 Å². The lowest BCUT2D eigenvalue weighted by molar-refractivity contribution is 0.331. The number of nitrogens with zero attached hydrogens (tertiary/aromatic N) is 5. The molecule has 3 aromatic rings. The highest BCUT2D eigenvalue weighted by atomic mass is 32.2. The van der Waals surface area contributed by atoms with E-state index in [-0.39, 0.29) is 12.4 Å². The average molecular weight is 455 g/mol. The summed E-state index contributed by atoms with van der Waals surface area (Å²) >= 11 is 0. The number of rotatable bonds is 8. The maximum absolute atomic E-state index is 12.7. The molecule has 1 fully saturated rings. The number of piperazine rings is 1. The molecular weight excluding hydrogens is 428 g/mol. The molecule has 1 aromatic carbocycles. The number of anilines is 3. The Balaban J connectivity index is 1.34. The van der Waals surface area contributed by atoms with Crippen molar-refractivity contribution in [1.82, 2.24) is 19.3 Å².